The first-order valence-electron chi connectivity index (χ1n) is 6.94. The molecule has 1 aromatic carbocycles. The first-order valence-corrected chi connectivity index (χ1v) is 6.94. The number of rotatable bonds is 5. The highest BCUT2D eigenvalue weighted by atomic mass is 16.5. The molecular weight excluding hydrogens is 264 g/mol. The molecule has 5 nitrogen and oxygen atoms in total. The fraction of sp³-hybridized carbons (Fsp3) is 0.188. The molecule has 0 spiro atoms. The summed E-state index contributed by atoms with van der Waals surface area (Å²) in [4.78, 5) is 7.74. The van der Waals surface area contributed by atoms with Gasteiger partial charge < -0.3 is 20.4 Å². The largest absolute Gasteiger partial charge is 0.495 e. The maximum atomic E-state index is 5.35. The van der Waals surface area contributed by atoms with E-state index in [1.807, 2.05) is 42.6 Å². The molecule has 2 heterocycles. The van der Waals surface area contributed by atoms with Crippen molar-refractivity contribution >= 4 is 28.2 Å². The highest BCUT2D eigenvalue weighted by molar-refractivity contribution is 5.91. The van der Waals surface area contributed by atoms with E-state index in [4.69, 9.17) is 4.74 Å². The van der Waals surface area contributed by atoms with Gasteiger partial charge in [0.05, 0.1) is 12.8 Å². The van der Waals surface area contributed by atoms with Crippen LogP contribution in [0.2, 0.25) is 0 Å². The van der Waals surface area contributed by atoms with E-state index in [0.717, 1.165) is 40.5 Å². The summed E-state index contributed by atoms with van der Waals surface area (Å²) in [6.45, 7) is 2.94. The molecule has 0 aliphatic heterocycles. The van der Waals surface area contributed by atoms with Gasteiger partial charge in [-0.3, -0.25) is 0 Å². The summed E-state index contributed by atoms with van der Waals surface area (Å²) >= 11 is 0. The summed E-state index contributed by atoms with van der Waals surface area (Å²) in [6.07, 6.45) is 1.89. The number of anilines is 3. The van der Waals surface area contributed by atoms with Gasteiger partial charge in [-0.15, -0.1) is 0 Å². The predicted molar refractivity (Wildman–Crippen MR) is 86.5 cm³/mol. The van der Waals surface area contributed by atoms with E-state index >= 15 is 0 Å². The second-order valence-electron chi connectivity index (χ2n) is 4.65. The Hall–Kier alpha value is -2.69. The van der Waals surface area contributed by atoms with Crippen LogP contribution in [-0.4, -0.2) is 23.6 Å². The van der Waals surface area contributed by atoms with Crippen molar-refractivity contribution in [3.63, 3.8) is 0 Å². The third-order valence-electron chi connectivity index (χ3n) is 3.27. The number of nitrogens with one attached hydrogen (secondary N) is 3. The van der Waals surface area contributed by atoms with Crippen molar-refractivity contribution < 1.29 is 4.74 Å². The Morgan fingerprint density at radius 1 is 1.19 bits per heavy atom. The van der Waals surface area contributed by atoms with Gasteiger partial charge >= 0.3 is 0 Å². The average Bonchev–Trinajstić information content (AvgIpc) is 2.97. The fourth-order valence-corrected chi connectivity index (χ4v) is 2.32. The lowest BCUT2D eigenvalue weighted by atomic mass is 10.2. The van der Waals surface area contributed by atoms with Crippen LogP contribution in [0.25, 0.3) is 11.0 Å². The normalized spacial score (nSPS) is 10.6. The van der Waals surface area contributed by atoms with E-state index in [2.05, 4.69) is 27.5 Å². The smallest absolute Gasteiger partial charge is 0.142 e. The molecule has 0 radical (unpaired) electrons. The van der Waals surface area contributed by atoms with Gasteiger partial charge in [-0.2, -0.15) is 0 Å². The highest BCUT2D eigenvalue weighted by Gasteiger charge is 2.08. The molecule has 0 fully saturated rings. The second kappa shape index (κ2) is 5.75. The Balaban J connectivity index is 2.00. The van der Waals surface area contributed by atoms with Crippen molar-refractivity contribution in [2.24, 2.45) is 0 Å². The zero-order valence-electron chi connectivity index (χ0n) is 12.1. The van der Waals surface area contributed by atoms with Gasteiger partial charge in [-0.05, 0) is 25.1 Å². The van der Waals surface area contributed by atoms with Crippen molar-refractivity contribution in [3.8, 4) is 5.75 Å². The van der Waals surface area contributed by atoms with Crippen molar-refractivity contribution in [1.82, 2.24) is 9.97 Å². The Morgan fingerprint density at radius 2 is 2.05 bits per heavy atom. The molecule has 3 aromatic rings. The lowest BCUT2D eigenvalue weighted by Gasteiger charge is -2.12. The van der Waals surface area contributed by atoms with Crippen LogP contribution in [0.3, 0.4) is 0 Å². The summed E-state index contributed by atoms with van der Waals surface area (Å²) in [7, 11) is 1.66. The second-order valence-corrected chi connectivity index (χ2v) is 4.65. The number of fused-ring (bicyclic) bond motifs is 1. The van der Waals surface area contributed by atoms with Crippen LogP contribution in [0.5, 0.6) is 5.75 Å². The van der Waals surface area contributed by atoms with Gasteiger partial charge in [0.25, 0.3) is 0 Å². The van der Waals surface area contributed by atoms with E-state index in [-0.39, 0.29) is 0 Å². The number of methoxy groups -OCH3 is 1. The number of H-pyrrole nitrogens is 1. The highest BCUT2D eigenvalue weighted by Crippen LogP contribution is 2.30. The third kappa shape index (κ3) is 2.63. The molecule has 0 unspecified atom stereocenters. The van der Waals surface area contributed by atoms with Crippen LogP contribution in [-0.2, 0) is 0 Å². The quantitative estimate of drug-likeness (QED) is 0.667. The minimum Gasteiger partial charge on any atom is -0.495 e. The zero-order valence-corrected chi connectivity index (χ0v) is 12.1. The molecule has 21 heavy (non-hydrogen) atoms. The molecule has 0 amide bonds. The molecule has 3 N–H and O–H groups in total. The van der Waals surface area contributed by atoms with Crippen LogP contribution >= 0.6 is 0 Å². The minimum absolute atomic E-state index is 0.769. The molecular formula is C16H18N4O. The molecule has 0 aliphatic carbocycles. The maximum absolute atomic E-state index is 5.35. The molecule has 2 aromatic heterocycles. The van der Waals surface area contributed by atoms with E-state index in [0.29, 0.717) is 0 Å². The minimum atomic E-state index is 0.769. The van der Waals surface area contributed by atoms with Crippen LogP contribution < -0.4 is 15.4 Å². The van der Waals surface area contributed by atoms with Crippen molar-refractivity contribution in [2.45, 2.75) is 6.92 Å². The van der Waals surface area contributed by atoms with Crippen LogP contribution in [0, 0.1) is 0 Å². The number of aromatic nitrogens is 2. The Bertz CT molecular complexity index is 751. The topological polar surface area (TPSA) is 62.0 Å². The number of aromatic amines is 1. The zero-order chi connectivity index (χ0) is 14.7. The lowest BCUT2D eigenvalue weighted by molar-refractivity contribution is 0.417. The third-order valence-corrected chi connectivity index (χ3v) is 3.27. The van der Waals surface area contributed by atoms with Crippen LogP contribution in [0.15, 0.2) is 42.6 Å². The number of ether oxygens (including phenoxy) is 1. The predicted octanol–water partition coefficient (Wildman–Crippen LogP) is 3.75. The fourth-order valence-electron chi connectivity index (χ4n) is 2.32. The summed E-state index contributed by atoms with van der Waals surface area (Å²) in [6, 6.07) is 11.8. The van der Waals surface area contributed by atoms with E-state index in [1.54, 1.807) is 7.11 Å². The van der Waals surface area contributed by atoms with Crippen molar-refractivity contribution in [2.75, 3.05) is 24.3 Å². The Morgan fingerprint density at radius 3 is 2.86 bits per heavy atom. The summed E-state index contributed by atoms with van der Waals surface area (Å²) in [5.41, 5.74) is 2.80. The van der Waals surface area contributed by atoms with Gasteiger partial charge in [-0.25, -0.2) is 4.98 Å². The first kappa shape index (κ1) is 13.3. The molecule has 0 atom stereocenters. The van der Waals surface area contributed by atoms with E-state index in [9.17, 15) is 0 Å². The summed E-state index contributed by atoms with van der Waals surface area (Å²) in [5, 5.41) is 7.75. The van der Waals surface area contributed by atoms with E-state index < -0.39 is 0 Å². The average molecular weight is 282 g/mol. The monoisotopic (exact) mass is 282 g/mol. The summed E-state index contributed by atoms with van der Waals surface area (Å²) in [5.74, 6) is 1.56. The summed E-state index contributed by atoms with van der Waals surface area (Å²) < 4.78 is 5.35. The molecule has 0 bridgehead atoms. The van der Waals surface area contributed by atoms with Gasteiger partial charge in [0.2, 0.25) is 0 Å². The number of pyridine rings is 1. The molecule has 0 saturated heterocycles. The van der Waals surface area contributed by atoms with Crippen molar-refractivity contribution in [3.05, 3.63) is 42.6 Å². The van der Waals surface area contributed by atoms with Crippen LogP contribution in [0.4, 0.5) is 17.2 Å². The van der Waals surface area contributed by atoms with Gasteiger partial charge in [-0.1, -0.05) is 12.1 Å². The van der Waals surface area contributed by atoms with Crippen molar-refractivity contribution in [1.29, 1.82) is 0 Å². The lowest BCUT2D eigenvalue weighted by Crippen LogP contribution is -2.01. The SMILES string of the molecule is CCNc1cc(Nc2ccccc2OC)nc2[nH]ccc12. The maximum Gasteiger partial charge on any atom is 0.142 e. The van der Waals surface area contributed by atoms with Gasteiger partial charge in [0.1, 0.15) is 17.2 Å². The number of para-hydroxylation sites is 2. The van der Waals surface area contributed by atoms with E-state index in [1.165, 1.54) is 0 Å². The molecule has 0 aliphatic rings. The number of nitrogens with zero attached hydrogens (tertiary/aromatic N) is 1. The molecule has 108 valence electrons. The standard InChI is InChI=1S/C16H18N4O/c1-3-17-13-10-15(20-16-11(13)8-9-18-16)19-12-6-4-5-7-14(12)21-2/h4-10H,3H2,1-2H3,(H3,17,18,19,20). The molecule has 5 heteroatoms. The molecule has 3 rings (SSSR count). The molecule has 0 saturated carbocycles. The number of hydrogen-bond donors (Lipinski definition) is 3. The Labute approximate surface area is 123 Å². The first-order chi connectivity index (χ1) is 10.3. The van der Waals surface area contributed by atoms with Crippen LogP contribution in [0.1, 0.15) is 6.92 Å². The number of hydrogen-bond acceptors (Lipinski definition) is 4. The van der Waals surface area contributed by atoms with Gasteiger partial charge in [0.15, 0.2) is 0 Å². The van der Waals surface area contributed by atoms with Gasteiger partial charge in [0, 0.05) is 29.9 Å². The number of benzene rings is 1. The Kier molecular flexibility index (Phi) is 3.64.